The van der Waals surface area contributed by atoms with Gasteiger partial charge in [0.1, 0.15) is 5.82 Å². The van der Waals surface area contributed by atoms with Crippen molar-refractivity contribution in [3.63, 3.8) is 0 Å². The molecule has 0 atom stereocenters. The molecule has 1 aromatic rings. The summed E-state index contributed by atoms with van der Waals surface area (Å²) in [6.45, 7) is 4.94. The van der Waals surface area contributed by atoms with Crippen LogP contribution < -0.4 is 4.90 Å². The van der Waals surface area contributed by atoms with Gasteiger partial charge in [-0.15, -0.1) is 0 Å². The Kier molecular flexibility index (Phi) is 4.74. The number of anilines is 1. The molecule has 1 aliphatic heterocycles. The van der Waals surface area contributed by atoms with Gasteiger partial charge in [0, 0.05) is 18.7 Å². The van der Waals surface area contributed by atoms with E-state index in [9.17, 15) is 9.18 Å². The second-order valence-electron chi connectivity index (χ2n) is 5.62. The van der Waals surface area contributed by atoms with Gasteiger partial charge in [-0.2, -0.15) is 12.6 Å². The predicted octanol–water partition coefficient (Wildman–Crippen LogP) is 3.84. The van der Waals surface area contributed by atoms with E-state index in [1.165, 1.54) is 6.07 Å². The Bertz CT molecular complexity index is 491. The maximum Gasteiger partial charge on any atom is 0.227 e. The van der Waals surface area contributed by atoms with Gasteiger partial charge in [-0.05, 0) is 54.2 Å². The average Bonchev–Trinajstić information content (AvgIpc) is 2.47. The highest BCUT2D eigenvalue weighted by molar-refractivity contribution is 7.80. The van der Waals surface area contributed by atoms with Crippen LogP contribution in [0.25, 0.3) is 0 Å². The lowest BCUT2D eigenvalue weighted by Crippen LogP contribution is -2.44. The third kappa shape index (κ3) is 2.85. The number of nitrogens with zero attached hydrogens (tertiary/aromatic N) is 1. The first-order chi connectivity index (χ1) is 9.55. The Hall–Kier alpha value is -1.03. The van der Waals surface area contributed by atoms with Gasteiger partial charge in [-0.3, -0.25) is 4.79 Å². The van der Waals surface area contributed by atoms with Gasteiger partial charge in [0.15, 0.2) is 0 Å². The van der Waals surface area contributed by atoms with E-state index < -0.39 is 0 Å². The molecule has 0 aromatic heterocycles. The molecule has 1 aliphatic rings. The first-order valence-electron chi connectivity index (χ1n) is 7.25. The minimum absolute atomic E-state index is 0.0295. The van der Waals surface area contributed by atoms with Gasteiger partial charge < -0.3 is 4.90 Å². The normalized spacial score (nSPS) is 15.4. The van der Waals surface area contributed by atoms with Crippen molar-refractivity contribution in [2.45, 2.75) is 39.5 Å². The molecule has 0 fully saturated rings. The second-order valence-corrected chi connectivity index (χ2v) is 5.93. The highest BCUT2D eigenvalue weighted by Gasteiger charge is 2.33. The molecule has 2 nitrogen and oxygen atoms in total. The van der Waals surface area contributed by atoms with E-state index in [2.05, 4.69) is 26.5 Å². The molecule has 0 radical (unpaired) electrons. The molecular formula is C16H22FNOS. The zero-order chi connectivity index (χ0) is 14.8. The fourth-order valence-corrected chi connectivity index (χ4v) is 3.33. The van der Waals surface area contributed by atoms with E-state index >= 15 is 0 Å². The zero-order valence-corrected chi connectivity index (χ0v) is 13.0. The van der Waals surface area contributed by atoms with E-state index in [1.807, 2.05) is 4.90 Å². The quantitative estimate of drug-likeness (QED) is 0.818. The van der Waals surface area contributed by atoms with Crippen molar-refractivity contribution in [2.75, 3.05) is 17.2 Å². The van der Waals surface area contributed by atoms with Crippen LogP contribution >= 0.6 is 12.6 Å². The van der Waals surface area contributed by atoms with Crippen LogP contribution in [-0.2, 0) is 11.2 Å². The summed E-state index contributed by atoms with van der Waals surface area (Å²) in [4.78, 5) is 14.1. The van der Waals surface area contributed by atoms with Crippen LogP contribution in [0.3, 0.4) is 0 Å². The van der Waals surface area contributed by atoms with E-state index in [0.717, 1.165) is 29.8 Å². The maximum atomic E-state index is 13.3. The number of hydrogen-bond acceptors (Lipinski definition) is 2. The molecule has 20 heavy (non-hydrogen) atoms. The van der Waals surface area contributed by atoms with Crippen LogP contribution in [0.4, 0.5) is 10.1 Å². The average molecular weight is 295 g/mol. The molecule has 0 N–H and O–H groups in total. The minimum Gasteiger partial charge on any atom is -0.312 e. The lowest BCUT2D eigenvalue weighted by atomic mass is 9.83. The molecule has 0 saturated carbocycles. The molecule has 2 rings (SSSR count). The molecule has 110 valence electrons. The minimum atomic E-state index is -0.232. The number of thiol groups is 1. The van der Waals surface area contributed by atoms with Gasteiger partial charge in [-0.1, -0.05) is 13.8 Å². The molecule has 0 spiro atoms. The van der Waals surface area contributed by atoms with Crippen LogP contribution in [0.15, 0.2) is 18.2 Å². The van der Waals surface area contributed by atoms with E-state index in [1.54, 1.807) is 12.1 Å². The first-order valence-corrected chi connectivity index (χ1v) is 7.88. The highest BCUT2D eigenvalue weighted by atomic mass is 32.1. The molecule has 0 bridgehead atoms. The fourth-order valence-electron chi connectivity index (χ4n) is 2.78. The Morgan fingerprint density at radius 3 is 2.60 bits per heavy atom. The SMILES string of the molecule is CCC(CC)(CS)CN1C(=O)CCc2cc(F)ccc21. The Labute approximate surface area is 125 Å². The van der Waals surface area contributed by atoms with Crippen molar-refractivity contribution in [1.29, 1.82) is 0 Å². The van der Waals surface area contributed by atoms with Crippen LogP contribution in [0.1, 0.15) is 38.7 Å². The number of carbonyl (C=O) groups excluding carboxylic acids is 1. The number of amides is 1. The number of hydrogen-bond donors (Lipinski definition) is 1. The zero-order valence-electron chi connectivity index (χ0n) is 12.2. The van der Waals surface area contributed by atoms with E-state index in [4.69, 9.17) is 0 Å². The van der Waals surface area contributed by atoms with Crippen molar-refractivity contribution in [2.24, 2.45) is 5.41 Å². The molecule has 1 amide bonds. The number of aryl methyl sites for hydroxylation is 1. The van der Waals surface area contributed by atoms with E-state index in [-0.39, 0.29) is 17.1 Å². The third-order valence-corrected chi connectivity index (χ3v) is 5.24. The summed E-state index contributed by atoms with van der Waals surface area (Å²) in [5, 5.41) is 0. The number of rotatable bonds is 5. The summed E-state index contributed by atoms with van der Waals surface area (Å²) >= 11 is 4.48. The van der Waals surface area contributed by atoms with Crippen molar-refractivity contribution in [1.82, 2.24) is 0 Å². The number of benzene rings is 1. The number of carbonyl (C=O) groups is 1. The van der Waals surface area contributed by atoms with Crippen molar-refractivity contribution < 1.29 is 9.18 Å². The van der Waals surface area contributed by atoms with Crippen molar-refractivity contribution in [3.8, 4) is 0 Å². The van der Waals surface area contributed by atoms with Gasteiger partial charge >= 0.3 is 0 Å². The summed E-state index contributed by atoms with van der Waals surface area (Å²) in [5.74, 6) is 0.655. The van der Waals surface area contributed by atoms with Gasteiger partial charge in [0.25, 0.3) is 0 Å². The largest absolute Gasteiger partial charge is 0.312 e. The lowest BCUT2D eigenvalue weighted by molar-refractivity contribution is -0.119. The third-order valence-electron chi connectivity index (χ3n) is 4.57. The second kappa shape index (κ2) is 6.17. The molecule has 0 saturated heterocycles. The van der Waals surface area contributed by atoms with Gasteiger partial charge in [0.05, 0.1) is 0 Å². The molecule has 1 heterocycles. The summed E-state index contributed by atoms with van der Waals surface area (Å²) in [6, 6.07) is 4.72. The smallest absolute Gasteiger partial charge is 0.227 e. The Morgan fingerprint density at radius 2 is 2.00 bits per heavy atom. The summed E-state index contributed by atoms with van der Waals surface area (Å²) < 4.78 is 13.3. The summed E-state index contributed by atoms with van der Waals surface area (Å²) in [7, 11) is 0. The fraction of sp³-hybridized carbons (Fsp3) is 0.562. The topological polar surface area (TPSA) is 20.3 Å². The highest BCUT2D eigenvalue weighted by Crippen LogP contribution is 2.35. The predicted molar refractivity (Wildman–Crippen MR) is 83.9 cm³/mol. The van der Waals surface area contributed by atoms with Gasteiger partial charge in [-0.25, -0.2) is 4.39 Å². The van der Waals surface area contributed by atoms with Crippen molar-refractivity contribution in [3.05, 3.63) is 29.6 Å². The lowest BCUT2D eigenvalue weighted by Gasteiger charge is -2.38. The number of fused-ring (bicyclic) bond motifs is 1. The first kappa shape index (κ1) is 15.4. The maximum absolute atomic E-state index is 13.3. The Morgan fingerprint density at radius 1 is 1.30 bits per heavy atom. The van der Waals surface area contributed by atoms with E-state index in [0.29, 0.717) is 19.4 Å². The van der Waals surface area contributed by atoms with Crippen LogP contribution in [0, 0.1) is 11.2 Å². The number of halogens is 1. The van der Waals surface area contributed by atoms with Gasteiger partial charge in [0.2, 0.25) is 5.91 Å². The molecule has 1 aromatic carbocycles. The van der Waals surface area contributed by atoms with Crippen molar-refractivity contribution >= 4 is 24.2 Å². The summed E-state index contributed by atoms with van der Waals surface area (Å²) in [6.07, 6.45) is 3.06. The standard InChI is InChI=1S/C16H22FNOS/c1-3-16(4-2,11-20)10-18-14-7-6-13(17)9-12(14)5-8-15(18)19/h6-7,9,20H,3-5,8,10-11H2,1-2H3. The monoisotopic (exact) mass is 295 g/mol. The molecule has 4 heteroatoms. The Balaban J connectivity index is 2.34. The van der Waals surface area contributed by atoms with Crippen LogP contribution in [0.2, 0.25) is 0 Å². The van der Waals surface area contributed by atoms with Crippen LogP contribution in [0.5, 0.6) is 0 Å². The molecule has 0 unspecified atom stereocenters. The summed E-state index contributed by atoms with van der Waals surface area (Å²) in [5.41, 5.74) is 1.84. The van der Waals surface area contributed by atoms with Crippen LogP contribution in [-0.4, -0.2) is 18.2 Å². The molecular weight excluding hydrogens is 273 g/mol. The molecule has 0 aliphatic carbocycles.